The number of nitrogens with one attached hydrogen (secondary N) is 1. The van der Waals surface area contributed by atoms with Crippen molar-refractivity contribution < 1.29 is 13.5 Å². The van der Waals surface area contributed by atoms with Gasteiger partial charge in [0.05, 0.1) is 6.61 Å². The molecule has 0 aliphatic rings. The molecule has 0 atom stereocenters. The van der Waals surface area contributed by atoms with Gasteiger partial charge in [-0.05, 0) is 24.6 Å². The third kappa shape index (κ3) is 4.68. The molecule has 0 saturated heterocycles. The summed E-state index contributed by atoms with van der Waals surface area (Å²) in [6.07, 6.45) is 0.985. The number of hydrogen-bond acceptors (Lipinski definition) is 2. The highest BCUT2D eigenvalue weighted by Crippen LogP contribution is 2.08. The van der Waals surface area contributed by atoms with Gasteiger partial charge in [0.1, 0.15) is 11.6 Å². The maximum atomic E-state index is 13.2. The monoisotopic (exact) mass is 229 g/mol. The Hall–Kier alpha value is -1.00. The van der Waals surface area contributed by atoms with Crippen LogP contribution >= 0.6 is 0 Å². The lowest BCUT2D eigenvalue weighted by Gasteiger charge is -2.06. The van der Waals surface area contributed by atoms with E-state index in [-0.39, 0.29) is 5.82 Å². The van der Waals surface area contributed by atoms with Crippen LogP contribution in [0.15, 0.2) is 18.2 Å². The molecule has 0 aliphatic carbocycles. The zero-order valence-electron chi connectivity index (χ0n) is 9.43. The van der Waals surface area contributed by atoms with Gasteiger partial charge in [-0.15, -0.1) is 0 Å². The molecule has 0 unspecified atom stereocenters. The fraction of sp³-hybridized carbons (Fsp3) is 0.500. The van der Waals surface area contributed by atoms with Crippen LogP contribution < -0.4 is 5.32 Å². The maximum absolute atomic E-state index is 13.2. The van der Waals surface area contributed by atoms with Gasteiger partial charge >= 0.3 is 0 Å². The third-order valence-electron chi connectivity index (χ3n) is 2.09. The van der Waals surface area contributed by atoms with Crippen molar-refractivity contribution in [2.75, 3.05) is 19.8 Å². The van der Waals surface area contributed by atoms with E-state index in [9.17, 15) is 8.78 Å². The second-order valence-corrected chi connectivity index (χ2v) is 3.52. The van der Waals surface area contributed by atoms with E-state index in [0.717, 1.165) is 25.2 Å². The molecule has 0 aliphatic heterocycles. The molecule has 0 amide bonds. The Morgan fingerprint density at radius 1 is 1.25 bits per heavy atom. The third-order valence-corrected chi connectivity index (χ3v) is 2.09. The summed E-state index contributed by atoms with van der Waals surface area (Å²) in [5, 5.41) is 3.00. The highest BCUT2D eigenvalue weighted by atomic mass is 19.1. The quantitative estimate of drug-likeness (QED) is 0.725. The van der Waals surface area contributed by atoms with Crippen molar-refractivity contribution in [3.05, 3.63) is 35.4 Å². The lowest BCUT2D eigenvalue weighted by Crippen LogP contribution is -2.20. The van der Waals surface area contributed by atoms with E-state index >= 15 is 0 Å². The van der Waals surface area contributed by atoms with E-state index in [2.05, 4.69) is 5.32 Å². The lowest BCUT2D eigenvalue weighted by molar-refractivity contribution is 0.136. The Morgan fingerprint density at radius 3 is 2.81 bits per heavy atom. The first kappa shape index (κ1) is 13.1. The van der Waals surface area contributed by atoms with Crippen molar-refractivity contribution in [3.63, 3.8) is 0 Å². The molecule has 0 fully saturated rings. The normalized spacial score (nSPS) is 10.7. The van der Waals surface area contributed by atoms with E-state index in [1.54, 1.807) is 0 Å². The van der Waals surface area contributed by atoms with Crippen molar-refractivity contribution in [2.45, 2.75) is 19.9 Å². The average Bonchev–Trinajstić information content (AvgIpc) is 2.28. The predicted octanol–water partition coefficient (Wildman–Crippen LogP) is 2.48. The molecule has 90 valence electrons. The molecule has 0 aromatic heterocycles. The highest BCUT2D eigenvalue weighted by Gasteiger charge is 2.02. The fourth-order valence-electron chi connectivity index (χ4n) is 1.29. The minimum Gasteiger partial charge on any atom is -0.380 e. The van der Waals surface area contributed by atoms with Crippen molar-refractivity contribution in [1.82, 2.24) is 5.32 Å². The highest BCUT2D eigenvalue weighted by molar-refractivity contribution is 5.18. The Balaban J connectivity index is 2.23. The Labute approximate surface area is 94.6 Å². The molecule has 1 aromatic carbocycles. The summed E-state index contributed by atoms with van der Waals surface area (Å²) >= 11 is 0. The van der Waals surface area contributed by atoms with Gasteiger partial charge in [-0.1, -0.05) is 6.92 Å². The van der Waals surface area contributed by atoms with Crippen LogP contribution in [0.25, 0.3) is 0 Å². The van der Waals surface area contributed by atoms with Gasteiger partial charge in [0, 0.05) is 25.3 Å². The van der Waals surface area contributed by atoms with Gasteiger partial charge < -0.3 is 10.1 Å². The van der Waals surface area contributed by atoms with Crippen LogP contribution in [0.2, 0.25) is 0 Å². The molecule has 0 heterocycles. The SMILES string of the molecule is CCCOCCNCc1cc(F)ccc1F. The smallest absolute Gasteiger partial charge is 0.127 e. The minimum atomic E-state index is -0.416. The van der Waals surface area contributed by atoms with Crippen LogP contribution in [0.5, 0.6) is 0 Å². The summed E-state index contributed by atoms with van der Waals surface area (Å²) in [6.45, 7) is 4.31. The molecule has 1 N–H and O–H groups in total. The van der Waals surface area contributed by atoms with Crippen molar-refractivity contribution in [3.8, 4) is 0 Å². The molecule has 0 saturated carbocycles. The topological polar surface area (TPSA) is 21.3 Å². The minimum absolute atomic E-state index is 0.319. The van der Waals surface area contributed by atoms with Gasteiger partial charge in [0.2, 0.25) is 0 Å². The van der Waals surface area contributed by atoms with E-state index in [4.69, 9.17) is 4.74 Å². The number of benzene rings is 1. The first-order valence-corrected chi connectivity index (χ1v) is 5.46. The second kappa shape index (κ2) is 7.30. The number of halogens is 2. The summed E-state index contributed by atoms with van der Waals surface area (Å²) in [4.78, 5) is 0. The fourth-order valence-corrected chi connectivity index (χ4v) is 1.29. The maximum Gasteiger partial charge on any atom is 0.127 e. The van der Waals surface area contributed by atoms with Gasteiger partial charge in [-0.3, -0.25) is 0 Å². The number of rotatable bonds is 7. The van der Waals surface area contributed by atoms with E-state index in [1.165, 1.54) is 6.07 Å². The van der Waals surface area contributed by atoms with Crippen molar-refractivity contribution >= 4 is 0 Å². The summed E-state index contributed by atoms with van der Waals surface area (Å²) in [5.41, 5.74) is 0.343. The van der Waals surface area contributed by atoms with E-state index < -0.39 is 5.82 Å². The molecule has 16 heavy (non-hydrogen) atoms. The van der Waals surface area contributed by atoms with Gasteiger partial charge in [-0.25, -0.2) is 8.78 Å². The molecule has 2 nitrogen and oxygen atoms in total. The number of ether oxygens (including phenoxy) is 1. The van der Waals surface area contributed by atoms with Crippen LogP contribution in [-0.2, 0) is 11.3 Å². The first-order chi connectivity index (χ1) is 7.74. The van der Waals surface area contributed by atoms with Crippen molar-refractivity contribution in [1.29, 1.82) is 0 Å². The Kier molecular flexibility index (Phi) is 5.96. The molecule has 1 rings (SSSR count). The first-order valence-electron chi connectivity index (χ1n) is 5.46. The van der Waals surface area contributed by atoms with Gasteiger partial charge in [0.15, 0.2) is 0 Å². The summed E-state index contributed by atoms with van der Waals surface area (Å²) in [5.74, 6) is -0.802. The molecular formula is C12H17F2NO. The zero-order valence-corrected chi connectivity index (χ0v) is 9.43. The molecule has 1 aromatic rings. The van der Waals surface area contributed by atoms with Crippen LogP contribution in [0, 0.1) is 11.6 Å². The molecule has 4 heteroatoms. The predicted molar refractivity (Wildman–Crippen MR) is 59.2 cm³/mol. The average molecular weight is 229 g/mol. The standard InChI is InChI=1S/C12H17F2NO/c1-2-6-16-7-5-15-9-10-8-11(13)3-4-12(10)14/h3-4,8,15H,2,5-7,9H2,1H3. The summed E-state index contributed by atoms with van der Waals surface area (Å²) in [6, 6.07) is 3.46. The van der Waals surface area contributed by atoms with Crippen molar-refractivity contribution in [2.24, 2.45) is 0 Å². The van der Waals surface area contributed by atoms with Crippen LogP contribution in [0.3, 0.4) is 0 Å². The lowest BCUT2D eigenvalue weighted by atomic mass is 10.2. The summed E-state index contributed by atoms with van der Waals surface area (Å²) in [7, 11) is 0. The van der Waals surface area contributed by atoms with Gasteiger partial charge in [0.25, 0.3) is 0 Å². The van der Waals surface area contributed by atoms with Crippen LogP contribution in [-0.4, -0.2) is 19.8 Å². The molecule has 0 spiro atoms. The zero-order chi connectivity index (χ0) is 11.8. The second-order valence-electron chi connectivity index (χ2n) is 3.52. The number of hydrogen-bond donors (Lipinski definition) is 1. The van der Waals surface area contributed by atoms with E-state index in [0.29, 0.717) is 25.3 Å². The molecule has 0 bridgehead atoms. The largest absolute Gasteiger partial charge is 0.380 e. The van der Waals surface area contributed by atoms with Gasteiger partial charge in [-0.2, -0.15) is 0 Å². The summed E-state index contributed by atoms with van der Waals surface area (Å²) < 4.78 is 31.2. The molecular weight excluding hydrogens is 212 g/mol. The van der Waals surface area contributed by atoms with E-state index in [1.807, 2.05) is 6.92 Å². The van der Waals surface area contributed by atoms with Crippen LogP contribution in [0.4, 0.5) is 8.78 Å². The molecule has 0 radical (unpaired) electrons. The Bertz CT molecular complexity index is 318. The van der Waals surface area contributed by atoms with Crippen LogP contribution in [0.1, 0.15) is 18.9 Å². The Morgan fingerprint density at radius 2 is 2.06 bits per heavy atom.